The highest BCUT2D eigenvalue weighted by Gasteiger charge is 2.17. The van der Waals surface area contributed by atoms with Crippen LogP contribution in [0, 0.1) is 0 Å². The van der Waals surface area contributed by atoms with Crippen LogP contribution in [0.15, 0.2) is 23.1 Å². The van der Waals surface area contributed by atoms with Crippen molar-refractivity contribution in [1.82, 2.24) is 4.72 Å². The highest BCUT2D eigenvalue weighted by molar-refractivity contribution is 7.90. The number of halogens is 1. The van der Waals surface area contributed by atoms with Crippen LogP contribution in [0.2, 0.25) is 5.02 Å². The minimum atomic E-state index is -3.76. The molecule has 1 rings (SSSR count). The fraction of sp³-hybridized carbons (Fsp3) is 0.400. The lowest BCUT2D eigenvalue weighted by Gasteiger charge is -2.08. The summed E-state index contributed by atoms with van der Waals surface area (Å²) < 4.78 is 47.9. The van der Waals surface area contributed by atoms with Gasteiger partial charge in [0.25, 0.3) is 0 Å². The Hall–Kier alpha value is -0.830. The second-order valence-electron chi connectivity index (χ2n) is 4.07. The Labute approximate surface area is 117 Å². The van der Waals surface area contributed by atoms with Crippen molar-refractivity contribution in [3.8, 4) is 0 Å². The molecule has 0 saturated heterocycles. The predicted octanol–water partition coefficient (Wildman–Crippen LogP) is 0.635. The van der Waals surface area contributed by atoms with Crippen molar-refractivity contribution in [3.05, 3.63) is 23.2 Å². The fourth-order valence-electron chi connectivity index (χ4n) is 1.35. The van der Waals surface area contributed by atoms with Crippen LogP contribution < -0.4 is 10.5 Å². The van der Waals surface area contributed by atoms with Crippen molar-refractivity contribution in [3.63, 3.8) is 0 Å². The van der Waals surface area contributed by atoms with Crippen molar-refractivity contribution in [1.29, 1.82) is 0 Å². The van der Waals surface area contributed by atoms with Gasteiger partial charge in [-0.1, -0.05) is 11.6 Å². The van der Waals surface area contributed by atoms with Crippen LogP contribution in [0.3, 0.4) is 0 Å². The summed E-state index contributed by atoms with van der Waals surface area (Å²) in [5.74, 6) is -0.0784. The van der Waals surface area contributed by atoms with Gasteiger partial charge in [0, 0.05) is 18.5 Å². The summed E-state index contributed by atoms with van der Waals surface area (Å²) in [6.45, 7) is 0.0239. The van der Waals surface area contributed by atoms with Gasteiger partial charge in [0.2, 0.25) is 10.0 Å². The van der Waals surface area contributed by atoms with Gasteiger partial charge in [-0.05, 0) is 24.6 Å². The number of nitrogen functional groups attached to an aromatic ring is 1. The summed E-state index contributed by atoms with van der Waals surface area (Å²) >= 11 is 5.80. The second kappa shape index (κ2) is 6.08. The molecular weight excluding hydrogens is 312 g/mol. The lowest BCUT2D eigenvalue weighted by Crippen LogP contribution is -2.26. The molecule has 1 aromatic carbocycles. The zero-order valence-electron chi connectivity index (χ0n) is 10.3. The van der Waals surface area contributed by atoms with E-state index in [-0.39, 0.29) is 28.6 Å². The van der Waals surface area contributed by atoms with E-state index >= 15 is 0 Å². The monoisotopic (exact) mass is 326 g/mol. The standard InChI is InChI=1S/C10H15ClN2O4S2/c1-18(14,15)6-2-5-13-19(16,17)10-4-3-8(12)7-9(10)11/h3-4,7,13H,2,5-6,12H2,1H3. The largest absolute Gasteiger partial charge is 0.399 e. The summed E-state index contributed by atoms with van der Waals surface area (Å²) in [4.78, 5) is -0.0808. The highest BCUT2D eigenvalue weighted by atomic mass is 35.5. The SMILES string of the molecule is CS(=O)(=O)CCCNS(=O)(=O)c1ccc(N)cc1Cl. The number of hydrogen-bond acceptors (Lipinski definition) is 5. The number of nitrogens with one attached hydrogen (secondary N) is 1. The molecule has 6 nitrogen and oxygen atoms in total. The first kappa shape index (κ1) is 16.2. The third kappa shape index (κ3) is 5.35. The van der Waals surface area contributed by atoms with Gasteiger partial charge in [0.15, 0.2) is 0 Å². The molecule has 1 aromatic rings. The quantitative estimate of drug-likeness (QED) is 0.589. The Morgan fingerprint density at radius 1 is 1.26 bits per heavy atom. The van der Waals surface area contributed by atoms with Crippen LogP contribution in [0.25, 0.3) is 0 Å². The van der Waals surface area contributed by atoms with E-state index in [2.05, 4.69) is 4.72 Å². The van der Waals surface area contributed by atoms with Crippen molar-refractivity contribution < 1.29 is 16.8 Å². The molecular formula is C10H15ClN2O4S2. The van der Waals surface area contributed by atoms with Crippen LogP contribution in [-0.2, 0) is 19.9 Å². The average Bonchev–Trinajstić information content (AvgIpc) is 2.22. The Kier molecular flexibility index (Phi) is 5.19. The van der Waals surface area contributed by atoms with Crippen LogP contribution >= 0.6 is 11.6 Å². The maximum absolute atomic E-state index is 11.9. The molecule has 0 bridgehead atoms. The maximum atomic E-state index is 11.9. The van der Waals surface area contributed by atoms with Gasteiger partial charge in [-0.3, -0.25) is 0 Å². The first-order valence-electron chi connectivity index (χ1n) is 5.34. The number of benzene rings is 1. The van der Waals surface area contributed by atoms with E-state index in [0.29, 0.717) is 5.69 Å². The Morgan fingerprint density at radius 3 is 2.42 bits per heavy atom. The third-order valence-electron chi connectivity index (χ3n) is 2.23. The zero-order chi connectivity index (χ0) is 14.7. The molecule has 3 N–H and O–H groups in total. The molecule has 0 spiro atoms. The molecule has 0 saturated carbocycles. The molecule has 0 aliphatic rings. The van der Waals surface area contributed by atoms with Crippen LogP contribution in [0.4, 0.5) is 5.69 Å². The fourth-order valence-corrected chi connectivity index (χ4v) is 3.65. The van der Waals surface area contributed by atoms with E-state index in [0.717, 1.165) is 6.26 Å². The maximum Gasteiger partial charge on any atom is 0.242 e. The van der Waals surface area contributed by atoms with Gasteiger partial charge in [-0.25, -0.2) is 21.6 Å². The topological polar surface area (TPSA) is 106 Å². The molecule has 0 fully saturated rings. The normalized spacial score (nSPS) is 12.5. The van der Waals surface area contributed by atoms with E-state index < -0.39 is 19.9 Å². The van der Waals surface area contributed by atoms with Gasteiger partial charge in [0.1, 0.15) is 14.7 Å². The second-order valence-corrected chi connectivity index (χ2v) is 8.47. The molecule has 9 heteroatoms. The molecule has 0 radical (unpaired) electrons. The van der Waals surface area contributed by atoms with Gasteiger partial charge in [-0.2, -0.15) is 0 Å². The lowest BCUT2D eigenvalue weighted by atomic mass is 10.3. The van der Waals surface area contributed by atoms with Gasteiger partial charge in [-0.15, -0.1) is 0 Å². The van der Waals surface area contributed by atoms with E-state index in [9.17, 15) is 16.8 Å². The third-order valence-corrected chi connectivity index (χ3v) is 5.20. The van der Waals surface area contributed by atoms with Crippen molar-refractivity contribution in [2.24, 2.45) is 0 Å². The zero-order valence-corrected chi connectivity index (χ0v) is 12.6. The summed E-state index contributed by atoms with van der Waals surface area (Å²) in [7, 11) is -6.86. The lowest BCUT2D eigenvalue weighted by molar-refractivity contribution is 0.577. The molecule has 0 aliphatic carbocycles. The Balaban J connectivity index is 2.71. The average molecular weight is 327 g/mol. The van der Waals surface area contributed by atoms with Crippen molar-refractivity contribution >= 4 is 37.1 Å². The van der Waals surface area contributed by atoms with Gasteiger partial charge < -0.3 is 5.73 Å². The predicted molar refractivity (Wildman–Crippen MR) is 75.4 cm³/mol. The molecule has 19 heavy (non-hydrogen) atoms. The van der Waals surface area contributed by atoms with Gasteiger partial charge in [0.05, 0.1) is 10.8 Å². The number of sulfone groups is 1. The first-order chi connectivity index (χ1) is 8.62. The van der Waals surface area contributed by atoms with Crippen molar-refractivity contribution in [2.45, 2.75) is 11.3 Å². The Morgan fingerprint density at radius 2 is 1.89 bits per heavy atom. The number of rotatable bonds is 6. The molecule has 0 amide bonds. The minimum Gasteiger partial charge on any atom is -0.399 e. The molecule has 108 valence electrons. The van der Waals surface area contributed by atoms with Crippen LogP contribution in [0.5, 0.6) is 0 Å². The Bertz CT molecular complexity index is 656. The van der Waals surface area contributed by atoms with E-state index in [1.807, 2.05) is 0 Å². The van der Waals surface area contributed by atoms with Crippen LogP contribution in [0.1, 0.15) is 6.42 Å². The summed E-state index contributed by atoms with van der Waals surface area (Å²) in [6, 6.07) is 4.07. The highest BCUT2D eigenvalue weighted by Crippen LogP contribution is 2.23. The smallest absolute Gasteiger partial charge is 0.242 e. The molecule has 0 unspecified atom stereocenters. The number of sulfonamides is 1. The molecule has 0 atom stereocenters. The number of nitrogens with two attached hydrogens (primary N) is 1. The minimum absolute atomic E-state index is 0.0237. The summed E-state index contributed by atoms with van der Waals surface area (Å²) in [5, 5.41) is 0.0237. The summed E-state index contributed by atoms with van der Waals surface area (Å²) in [5.41, 5.74) is 5.84. The van der Waals surface area contributed by atoms with Gasteiger partial charge >= 0.3 is 0 Å². The molecule has 0 heterocycles. The van der Waals surface area contributed by atoms with E-state index in [4.69, 9.17) is 17.3 Å². The molecule has 0 aliphatic heterocycles. The summed E-state index contributed by atoms with van der Waals surface area (Å²) in [6.07, 6.45) is 1.29. The van der Waals surface area contributed by atoms with E-state index in [1.165, 1.54) is 18.2 Å². The van der Waals surface area contributed by atoms with Crippen LogP contribution in [-0.4, -0.2) is 35.4 Å². The first-order valence-corrected chi connectivity index (χ1v) is 9.26. The van der Waals surface area contributed by atoms with Crippen molar-refractivity contribution in [2.75, 3.05) is 24.3 Å². The van der Waals surface area contributed by atoms with E-state index in [1.54, 1.807) is 0 Å². The number of anilines is 1. The number of hydrogen-bond donors (Lipinski definition) is 2. The molecule has 0 aromatic heterocycles.